The SMILES string of the molecule is Cc1cc(-c2cnc3c(NCC(O)C(F)(F)F)cc(-c4ccnn4C)nn23)ccc1C(=O)NC1CC1. The summed E-state index contributed by atoms with van der Waals surface area (Å²) in [7, 11) is 1.73. The Morgan fingerprint density at radius 3 is 2.64 bits per heavy atom. The Bertz CT molecular complexity index is 1440. The topological polar surface area (TPSA) is 109 Å². The first-order chi connectivity index (χ1) is 17.1. The molecule has 9 nitrogen and oxygen atoms in total. The number of benzene rings is 1. The first-order valence-corrected chi connectivity index (χ1v) is 11.4. The fourth-order valence-electron chi connectivity index (χ4n) is 3.94. The van der Waals surface area contributed by atoms with Gasteiger partial charge in [-0.2, -0.15) is 23.4 Å². The molecule has 0 radical (unpaired) electrons. The summed E-state index contributed by atoms with van der Waals surface area (Å²) >= 11 is 0. The number of imidazole rings is 1. The van der Waals surface area contributed by atoms with E-state index in [4.69, 9.17) is 0 Å². The Morgan fingerprint density at radius 2 is 2.00 bits per heavy atom. The van der Waals surface area contributed by atoms with Gasteiger partial charge in [0.25, 0.3) is 5.91 Å². The van der Waals surface area contributed by atoms with Crippen LogP contribution < -0.4 is 10.6 Å². The van der Waals surface area contributed by atoms with Crippen LogP contribution in [0.1, 0.15) is 28.8 Å². The number of aromatic nitrogens is 5. The highest BCUT2D eigenvalue weighted by atomic mass is 19.4. The van der Waals surface area contributed by atoms with Crippen molar-refractivity contribution < 1.29 is 23.1 Å². The monoisotopic (exact) mass is 499 g/mol. The zero-order valence-electron chi connectivity index (χ0n) is 19.5. The van der Waals surface area contributed by atoms with Crippen molar-refractivity contribution in [2.75, 3.05) is 11.9 Å². The van der Waals surface area contributed by atoms with Gasteiger partial charge in [0.1, 0.15) is 5.69 Å². The number of fused-ring (bicyclic) bond motifs is 1. The number of carbonyl (C=O) groups excluding carboxylic acids is 1. The number of anilines is 1. The zero-order chi connectivity index (χ0) is 25.6. The maximum absolute atomic E-state index is 12.9. The quantitative estimate of drug-likeness (QED) is 0.360. The molecule has 12 heteroatoms. The van der Waals surface area contributed by atoms with Crippen LogP contribution in [0, 0.1) is 6.92 Å². The van der Waals surface area contributed by atoms with Crippen LogP contribution in [0.25, 0.3) is 28.3 Å². The molecule has 1 fully saturated rings. The summed E-state index contributed by atoms with van der Waals surface area (Å²) in [5, 5.41) is 23.9. The minimum Gasteiger partial charge on any atom is -0.382 e. The molecular formula is C24H24F3N7O2. The highest BCUT2D eigenvalue weighted by Gasteiger charge is 2.38. The van der Waals surface area contributed by atoms with Gasteiger partial charge in [-0.15, -0.1) is 0 Å². The predicted octanol–water partition coefficient (Wildman–Crippen LogP) is 3.33. The van der Waals surface area contributed by atoms with E-state index in [9.17, 15) is 23.1 Å². The largest absolute Gasteiger partial charge is 0.416 e. The highest BCUT2D eigenvalue weighted by Crippen LogP contribution is 2.30. The second-order valence-electron chi connectivity index (χ2n) is 8.88. The van der Waals surface area contributed by atoms with Gasteiger partial charge in [0.05, 0.1) is 23.3 Å². The van der Waals surface area contributed by atoms with Crippen molar-refractivity contribution in [2.45, 2.75) is 38.1 Å². The van der Waals surface area contributed by atoms with Crippen molar-refractivity contribution >= 4 is 17.2 Å². The lowest BCUT2D eigenvalue weighted by molar-refractivity contribution is -0.198. The number of amides is 1. The second-order valence-corrected chi connectivity index (χ2v) is 8.88. The number of nitrogens with one attached hydrogen (secondary N) is 2. The number of aliphatic hydroxyl groups is 1. The molecule has 188 valence electrons. The van der Waals surface area contributed by atoms with Crippen molar-refractivity contribution in [1.29, 1.82) is 0 Å². The van der Waals surface area contributed by atoms with E-state index in [0.717, 1.165) is 24.0 Å². The molecule has 0 bridgehead atoms. The van der Waals surface area contributed by atoms with Crippen LogP contribution in [0.4, 0.5) is 18.9 Å². The van der Waals surface area contributed by atoms with Gasteiger partial charge in [0.15, 0.2) is 11.8 Å². The molecule has 36 heavy (non-hydrogen) atoms. The van der Waals surface area contributed by atoms with Gasteiger partial charge in [-0.25, -0.2) is 9.50 Å². The maximum atomic E-state index is 12.9. The Balaban J connectivity index is 1.55. The van der Waals surface area contributed by atoms with Gasteiger partial charge in [0, 0.05) is 37.0 Å². The lowest BCUT2D eigenvalue weighted by Gasteiger charge is -2.17. The molecule has 0 spiro atoms. The van der Waals surface area contributed by atoms with Crippen LogP contribution in [-0.4, -0.2) is 60.3 Å². The van der Waals surface area contributed by atoms with Crippen LogP contribution >= 0.6 is 0 Å². The molecule has 1 aliphatic rings. The Morgan fingerprint density at radius 1 is 1.22 bits per heavy atom. The van der Waals surface area contributed by atoms with Gasteiger partial charge < -0.3 is 15.7 Å². The molecule has 5 rings (SSSR count). The number of nitrogens with zero attached hydrogens (tertiary/aromatic N) is 5. The Hall–Kier alpha value is -3.93. The third-order valence-electron chi connectivity index (χ3n) is 6.09. The number of alkyl halides is 3. The van der Waals surface area contributed by atoms with E-state index < -0.39 is 18.8 Å². The number of hydrogen-bond donors (Lipinski definition) is 3. The molecule has 3 aromatic heterocycles. The van der Waals surface area contributed by atoms with Gasteiger partial charge in [-0.1, -0.05) is 6.07 Å². The number of carbonyl (C=O) groups is 1. The van der Waals surface area contributed by atoms with Gasteiger partial charge in [-0.3, -0.25) is 9.48 Å². The summed E-state index contributed by atoms with van der Waals surface area (Å²) in [6.45, 7) is 1.09. The summed E-state index contributed by atoms with van der Waals surface area (Å²) in [5.74, 6) is -0.119. The molecule has 0 aliphatic heterocycles. The van der Waals surface area contributed by atoms with E-state index in [0.29, 0.717) is 28.3 Å². The molecule has 3 heterocycles. The number of hydrogen-bond acceptors (Lipinski definition) is 6. The molecule has 3 N–H and O–H groups in total. The molecule has 1 atom stereocenters. The molecular weight excluding hydrogens is 475 g/mol. The van der Waals surface area contributed by atoms with Crippen LogP contribution in [0.15, 0.2) is 42.7 Å². The molecule has 4 aromatic rings. The minimum atomic E-state index is -4.76. The second kappa shape index (κ2) is 8.94. The summed E-state index contributed by atoms with van der Waals surface area (Å²) in [6.07, 6.45) is -2.16. The lowest BCUT2D eigenvalue weighted by Crippen LogP contribution is -2.35. The van der Waals surface area contributed by atoms with Crippen molar-refractivity contribution in [2.24, 2.45) is 7.05 Å². The van der Waals surface area contributed by atoms with E-state index in [1.807, 2.05) is 13.0 Å². The molecule has 1 amide bonds. The average molecular weight is 499 g/mol. The molecule has 1 aliphatic carbocycles. The molecule has 1 saturated carbocycles. The van der Waals surface area contributed by atoms with Gasteiger partial charge in [0.2, 0.25) is 0 Å². The highest BCUT2D eigenvalue weighted by molar-refractivity contribution is 5.96. The minimum absolute atomic E-state index is 0.119. The fourth-order valence-corrected chi connectivity index (χ4v) is 3.94. The maximum Gasteiger partial charge on any atom is 0.416 e. The van der Waals surface area contributed by atoms with E-state index in [1.54, 1.807) is 48.4 Å². The van der Waals surface area contributed by atoms with Crippen LogP contribution in [-0.2, 0) is 7.05 Å². The zero-order valence-corrected chi connectivity index (χ0v) is 19.5. The molecule has 1 unspecified atom stereocenters. The third-order valence-corrected chi connectivity index (χ3v) is 6.09. The van der Waals surface area contributed by atoms with E-state index >= 15 is 0 Å². The van der Waals surface area contributed by atoms with Crippen LogP contribution in [0.5, 0.6) is 0 Å². The van der Waals surface area contributed by atoms with Gasteiger partial charge in [-0.05, 0) is 49.6 Å². The van der Waals surface area contributed by atoms with Gasteiger partial charge >= 0.3 is 6.18 Å². The van der Waals surface area contributed by atoms with E-state index in [2.05, 4.69) is 25.8 Å². The number of aryl methyl sites for hydroxylation is 2. The van der Waals surface area contributed by atoms with Crippen molar-refractivity contribution in [3.05, 3.63) is 53.9 Å². The van der Waals surface area contributed by atoms with E-state index in [1.165, 1.54) is 4.52 Å². The first kappa shape index (κ1) is 23.8. The Kier molecular flexibility index (Phi) is 5.91. The standard InChI is InChI=1S/C24H24F3N7O2/c1-13-9-14(3-6-16(13)23(36)31-15-4-5-15)20-11-29-22-18(28-12-21(35)24(25,26)27)10-17(32-34(20)22)19-7-8-30-33(19)2/h3,6-11,15,21,28,35H,4-5,12H2,1-2H3,(H,31,36). The molecule has 1 aromatic carbocycles. The molecule has 0 saturated heterocycles. The van der Waals surface area contributed by atoms with Crippen molar-refractivity contribution in [1.82, 2.24) is 29.7 Å². The average Bonchev–Trinajstić information content (AvgIpc) is 3.36. The normalized spacial score (nSPS) is 14.7. The fraction of sp³-hybridized carbons (Fsp3) is 0.333. The Labute approximate surface area is 204 Å². The summed E-state index contributed by atoms with van der Waals surface area (Å²) in [4.78, 5) is 16.9. The third kappa shape index (κ3) is 4.63. The predicted molar refractivity (Wildman–Crippen MR) is 126 cm³/mol. The van der Waals surface area contributed by atoms with E-state index in [-0.39, 0.29) is 17.6 Å². The van der Waals surface area contributed by atoms with Crippen LogP contribution in [0.2, 0.25) is 0 Å². The number of halogens is 3. The van der Waals surface area contributed by atoms with Crippen LogP contribution in [0.3, 0.4) is 0 Å². The van der Waals surface area contributed by atoms with Crippen molar-refractivity contribution in [3.8, 4) is 22.6 Å². The first-order valence-electron chi connectivity index (χ1n) is 11.4. The summed E-state index contributed by atoms with van der Waals surface area (Å²) < 4.78 is 41.8. The summed E-state index contributed by atoms with van der Waals surface area (Å²) in [5.41, 5.74) is 4.32. The summed E-state index contributed by atoms with van der Waals surface area (Å²) in [6, 6.07) is 8.93. The number of rotatable bonds is 7. The van der Waals surface area contributed by atoms with Crippen molar-refractivity contribution in [3.63, 3.8) is 0 Å². The number of aliphatic hydroxyl groups excluding tert-OH is 1. The lowest BCUT2D eigenvalue weighted by atomic mass is 10.0. The smallest absolute Gasteiger partial charge is 0.382 e.